The second-order valence-electron chi connectivity index (χ2n) is 5.69. The van der Waals surface area contributed by atoms with Gasteiger partial charge in [-0.05, 0) is 29.8 Å². The van der Waals surface area contributed by atoms with Crippen molar-refractivity contribution in [1.29, 1.82) is 0 Å². The van der Waals surface area contributed by atoms with Gasteiger partial charge in [-0.2, -0.15) is 0 Å². The molecule has 1 aliphatic rings. The molecule has 1 aliphatic heterocycles. The molecule has 0 atom stereocenters. The van der Waals surface area contributed by atoms with Gasteiger partial charge in [0.05, 0.1) is 27.2 Å². The average molecular weight is 379 g/mol. The van der Waals surface area contributed by atoms with Crippen LogP contribution < -0.4 is 14.2 Å². The lowest BCUT2D eigenvalue weighted by Crippen LogP contribution is -2.15. The highest BCUT2D eigenvalue weighted by Gasteiger charge is 2.18. The molecule has 3 rings (SSSR count). The summed E-state index contributed by atoms with van der Waals surface area (Å²) < 4.78 is 26.6. The lowest BCUT2D eigenvalue weighted by atomic mass is 10.1. The van der Waals surface area contributed by atoms with Gasteiger partial charge in [0.25, 0.3) is 0 Å². The minimum atomic E-state index is -0.363. The highest BCUT2D eigenvalue weighted by atomic mass is 35.5. The lowest BCUT2D eigenvalue weighted by Gasteiger charge is -2.21. The van der Waals surface area contributed by atoms with Gasteiger partial charge in [0.2, 0.25) is 0 Å². The Kier molecular flexibility index (Phi) is 5.85. The number of halogens is 1. The van der Waals surface area contributed by atoms with E-state index < -0.39 is 0 Å². The molecule has 0 fully saturated rings. The summed E-state index contributed by atoms with van der Waals surface area (Å²) in [6.07, 6.45) is 0.118. The van der Waals surface area contributed by atoms with Gasteiger partial charge in [-0.25, -0.2) is 0 Å². The summed E-state index contributed by atoms with van der Waals surface area (Å²) in [6, 6.07) is 8.81. The number of hydrogen-bond donors (Lipinski definition) is 0. The molecular formula is C19H19ClO6. The molecule has 0 bridgehead atoms. The smallest absolute Gasteiger partial charge is 0.310 e. The molecule has 0 radical (unpaired) electrons. The van der Waals surface area contributed by atoms with E-state index in [2.05, 4.69) is 0 Å². The number of carbonyl (C=O) groups excluding carboxylic acids is 1. The molecule has 7 heteroatoms. The van der Waals surface area contributed by atoms with Crippen LogP contribution in [0.1, 0.15) is 16.7 Å². The average Bonchev–Trinajstić information content (AvgIpc) is 2.65. The molecule has 0 aliphatic carbocycles. The van der Waals surface area contributed by atoms with Gasteiger partial charge >= 0.3 is 5.97 Å². The Bertz CT molecular complexity index is 805. The fourth-order valence-corrected chi connectivity index (χ4v) is 2.99. The van der Waals surface area contributed by atoms with Crippen LogP contribution in [-0.4, -0.2) is 27.0 Å². The van der Waals surface area contributed by atoms with Crippen molar-refractivity contribution in [1.82, 2.24) is 0 Å². The second kappa shape index (κ2) is 8.29. The van der Waals surface area contributed by atoms with Crippen LogP contribution in [0.15, 0.2) is 30.3 Å². The Morgan fingerprint density at radius 2 is 1.96 bits per heavy atom. The molecule has 0 saturated heterocycles. The maximum Gasteiger partial charge on any atom is 0.310 e. The van der Waals surface area contributed by atoms with Crippen molar-refractivity contribution in [2.45, 2.75) is 19.6 Å². The van der Waals surface area contributed by atoms with Crippen molar-refractivity contribution in [3.8, 4) is 17.2 Å². The maximum atomic E-state index is 12.2. The molecule has 0 spiro atoms. The fourth-order valence-electron chi connectivity index (χ4n) is 2.73. The Morgan fingerprint density at radius 1 is 1.15 bits per heavy atom. The molecule has 6 nitrogen and oxygen atoms in total. The summed E-state index contributed by atoms with van der Waals surface area (Å²) in [7, 11) is 3.11. The van der Waals surface area contributed by atoms with Gasteiger partial charge in [0, 0.05) is 16.1 Å². The molecule has 2 aromatic carbocycles. The van der Waals surface area contributed by atoms with Crippen molar-refractivity contribution in [3.63, 3.8) is 0 Å². The van der Waals surface area contributed by atoms with E-state index in [1.807, 2.05) is 0 Å². The van der Waals surface area contributed by atoms with E-state index in [1.165, 1.54) is 0 Å². The number of hydrogen-bond acceptors (Lipinski definition) is 6. The van der Waals surface area contributed by atoms with Crippen molar-refractivity contribution in [2.75, 3.05) is 21.0 Å². The van der Waals surface area contributed by atoms with Crippen LogP contribution in [0.3, 0.4) is 0 Å². The third-order valence-corrected chi connectivity index (χ3v) is 4.15. The second-order valence-corrected chi connectivity index (χ2v) is 6.13. The number of methoxy groups -OCH3 is 2. The summed E-state index contributed by atoms with van der Waals surface area (Å²) in [5.41, 5.74) is 2.33. The monoisotopic (exact) mass is 378 g/mol. The first-order valence-corrected chi connectivity index (χ1v) is 8.37. The van der Waals surface area contributed by atoms with Crippen LogP contribution in [0, 0.1) is 0 Å². The fraction of sp³-hybridized carbons (Fsp3) is 0.316. The largest absolute Gasteiger partial charge is 0.493 e. The van der Waals surface area contributed by atoms with Crippen molar-refractivity contribution in [2.24, 2.45) is 0 Å². The molecule has 1 heterocycles. The van der Waals surface area contributed by atoms with Crippen molar-refractivity contribution < 1.29 is 28.5 Å². The first kappa shape index (κ1) is 18.4. The van der Waals surface area contributed by atoms with E-state index in [1.54, 1.807) is 44.6 Å². The van der Waals surface area contributed by atoms with E-state index in [9.17, 15) is 4.79 Å². The van der Waals surface area contributed by atoms with Gasteiger partial charge in [-0.1, -0.05) is 17.7 Å². The van der Waals surface area contributed by atoms with Crippen LogP contribution in [0.4, 0.5) is 0 Å². The first-order valence-electron chi connectivity index (χ1n) is 7.99. The molecule has 26 heavy (non-hydrogen) atoms. The van der Waals surface area contributed by atoms with Crippen LogP contribution in [-0.2, 0) is 33.9 Å². The van der Waals surface area contributed by atoms with Crippen LogP contribution >= 0.6 is 11.6 Å². The molecule has 138 valence electrons. The van der Waals surface area contributed by atoms with E-state index in [0.29, 0.717) is 28.9 Å². The SMILES string of the molecule is COc1ccc(CC(=O)OCc2cc(Cl)cc3c2OCOC3)cc1OC. The highest BCUT2D eigenvalue weighted by molar-refractivity contribution is 6.30. The summed E-state index contributed by atoms with van der Waals surface area (Å²) >= 11 is 6.11. The van der Waals surface area contributed by atoms with Crippen LogP contribution in [0.5, 0.6) is 17.2 Å². The molecule has 0 aromatic heterocycles. The van der Waals surface area contributed by atoms with E-state index in [0.717, 1.165) is 16.7 Å². The normalized spacial score (nSPS) is 12.7. The van der Waals surface area contributed by atoms with E-state index in [4.69, 9.17) is 35.3 Å². The first-order chi connectivity index (χ1) is 12.6. The van der Waals surface area contributed by atoms with Gasteiger partial charge in [-0.15, -0.1) is 0 Å². The van der Waals surface area contributed by atoms with Crippen molar-refractivity contribution in [3.05, 3.63) is 52.0 Å². The van der Waals surface area contributed by atoms with Gasteiger partial charge in [0.15, 0.2) is 18.3 Å². The van der Waals surface area contributed by atoms with Gasteiger partial charge in [-0.3, -0.25) is 4.79 Å². The van der Waals surface area contributed by atoms with Crippen LogP contribution in [0.2, 0.25) is 5.02 Å². The third-order valence-electron chi connectivity index (χ3n) is 3.94. The molecule has 0 amide bonds. The van der Waals surface area contributed by atoms with Gasteiger partial charge in [0.1, 0.15) is 12.4 Å². The Morgan fingerprint density at radius 3 is 2.73 bits per heavy atom. The molecule has 0 N–H and O–H groups in total. The lowest BCUT2D eigenvalue weighted by molar-refractivity contribution is -0.144. The predicted octanol–water partition coefficient (Wildman–Crippen LogP) is 3.51. The number of ether oxygens (including phenoxy) is 5. The zero-order valence-electron chi connectivity index (χ0n) is 14.5. The maximum absolute atomic E-state index is 12.2. The Labute approximate surface area is 156 Å². The Balaban J connectivity index is 1.66. The molecule has 0 saturated carbocycles. The summed E-state index contributed by atoms with van der Waals surface area (Å²) in [4.78, 5) is 12.2. The number of carbonyl (C=O) groups is 1. The number of benzene rings is 2. The minimum Gasteiger partial charge on any atom is -0.493 e. The van der Waals surface area contributed by atoms with E-state index >= 15 is 0 Å². The summed E-state index contributed by atoms with van der Waals surface area (Å²) in [5.74, 6) is 1.47. The molecule has 0 unspecified atom stereocenters. The minimum absolute atomic E-state index is 0.0784. The topological polar surface area (TPSA) is 63.2 Å². The van der Waals surface area contributed by atoms with Crippen LogP contribution in [0.25, 0.3) is 0 Å². The summed E-state index contributed by atoms with van der Waals surface area (Å²) in [6.45, 7) is 0.665. The summed E-state index contributed by atoms with van der Waals surface area (Å²) in [5, 5.41) is 0.545. The Hall–Kier alpha value is -2.44. The molecule has 2 aromatic rings. The zero-order chi connectivity index (χ0) is 18.5. The van der Waals surface area contributed by atoms with Gasteiger partial charge < -0.3 is 23.7 Å². The highest BCUT2D eigenvalue weighted by Crippen LogP contribution is 2.32. The standard InChI is InChI=1S/C19H19ClO6/c1-22-16-4-3-12(5-17(16)23-2)6-18(21)25-10-14-8-15(20)7-13-9-24-11-26-19(13)14/h3-5,7-8H,6,9-11H2,1-2H3. The van der Waals surface area contributed by atoms with Crippen molar-refractivity contribution >= 4 is 17.6 Å². The third kappa shape index (κ3) is 4.20. The van der Waals surface area contributed by atoms with E-state index in [-0.39, 0.29) is 25.8 Å². The quantitative estimate of drug-likeness (QED) is 0.717. The zero-order valence-corrected chi connectivity index (χ0v) is 15.3. The number of rotatable bonds is 6. The number of esters is 1. The number of fused-ring (bicyclic) bond motifs is 1. The predicted molar refractivity (Wildman–Crippen MR) is 94.8 cm³/mol. The molecular weight excluding hydrogens is 360 g/mol.